The molecule has 3 aliphatic rings. The van der Waals surface area contributed by atoms with Gasteiger partial charge in [-0.05, 0) is 54.9 Å². The third-order valence-electron chi connectivity index (χ3n) is 5.47. The Morgan fingerprint density at radius 2 is 2.14 bits per heavy atom. The third-order valence-corrected chi connectivity index (χ3v) is 5.47. The fourth-order valence-corrected chi connectivity index (χ4v) is 3.72. The van der Waals surface area contributed by atoms with Crippen LogP contribution in [0.2, 0.25) is 0 Å². The number of ether oxygens (including phenoxy) is 1. The molecular weight excluding hydrogens is 278 g/mol. The number of carbonyl (C=O) groups is 1. The van der Waals surface area contributed by atoms with Gasteiger partial charge in [0.2, 0.25) is 5.91 Å². The molecule has 4 nitrogen and oxygen atoms in total. The van der Waals surface area contributed by atoms with Crippen molar-refractivity contribution in [1.82, 2.24) is 5.32 Å². The van der Waals surface area contributed by atoms with Gasteiger partial charge in [0.15, 0.2) is 0 Å². The zero-order chi connectivity index (χ0) is 15.1. The molecule has 0 radical (unpaired) electrons. The molecule has 118 valence electrons. The quantitative estimate of drug-likeness (QED) is 0.897. The molecule has 1 atom stereocenters. The molecule has 1 aromatic rings. The van der Waals surface area contributed by atoms with Crippen molar-refractivity contribution in [2.75, 3.05) is 6.61 Å². The van der Waals surface area contributed by atoms with Crippen molar-refractivity contribution in [2.24, 2.45) is 11.8 Å². The van der Waals surface area contributed by atoms with E-state index in [1.165, 1.54) is 12.0 Å². The molecule has 0 saturated heterocycles. The summed E-state index contributed by atoms with van der Waals surface area (Å²) >= 11 is 0. The number of aliphatic hydroxyl groups excluding tert-OH is 1. The summed E-state index contributed by atoms with van der Waals surface area (Å²) in [7, 11) is 0. The lowest BCUT2D eigenvalue weighted by atomic mass is 9.74. The van der Waals surface area contributed by atoms with Crippen LogP contribution in [0.1, 0.15) is 49.3 Å². The predicted molar refractivity (Wildman–Crippen MR) is 82.6 cm³/mol. The fraction of sp³-hybridized carbons (Fsp3) is 0.611. The van der Waals surface area contributed by atoms with Crippen LogP contribution in [0, 0.1) is 11.8 Å². The van der Waals surface area contributed by atoms with Crippen LogP contribution in [0.25, 0.3) is 0 Å². The van der Waals surface area contributed by atoms with Crippen LogP contribution in [-0.4, -0.2) is 23.7 Å². The summed E-state index contributed by atoms with van der Waals surface area (Å²) in [5.41, 5.74) is 2.40. The minimum absolute atomic E-state index is 0.0300. The van der Waals surface area contributed by atoms with Crippen LogP contribution in [0.15, 0.2) is 18.2 Å². The highest BCUT2D eigenvalue weighted by atomic mass is 16.5. The zero-order valence-electron chi connectivity index (χ0n) is 12.8. The van der Waals surface area contributed by atoms with E-state index in [4.69, 9.17) is 4.74 Å². The molecule has 2 aliphatic carbocycles. The Morgan fingerprint density at radius 3 is 2.82 bits per heavy atom. The Balaban J connectivity index is 1.55. The van der Waals surface area contributed by atoms with E-state index in [1.54, 1.807) is 0 Å². The van der Waals surface area contributed by atoms with Gasteiger partial charge in [0.1, 0.15) is 5.75 Å². The van der Waals surface area contributed by atoms with Gasteiger partial charge >= 0.3 is 0 Å². The van der Waals surface area contributed by atoms with Crippen molar-refractivity contribution in [3.63, 3.8) is 0 Å². The number of hydrogen-bond donors (Lipinski definition) is 2. The van der Waals surface area contributed by atoms with E-state index in [2.05, 4.69) is 17.4 Å². The van der Waals surface area contributed by atoms with E-state index >= 15 is 0 Å². The number of rotatable bonds is 4. The number of amides is 1. The lowest BCUT2D eigenvalue weighted by molar-refractivity contribution is -0.129. The standard InChI is InChI=1S/C18H23NO3/c20-15-9-14(10-15)17(19-18(21)11-2-1-3-11)13-4-5-16-12(8-13)6-7-22-16/h4-5,8,11,14-15,17,20H,1-3,6-7,9-10H2,(H,19,21). The number of carbonyl (C=O) groups excluding carboxylic acids is 1. The van der Waals surface area contributed by atoms with Crippen LogP contribution >= 0.6 is 0 Å². The minimum Gasteiger partial charge on any atom is -0.493 e. The molecule has 22 heavy (non-hydrogen) atoms. The van der Waals surface area contributed by atoms with Gasteiger partial charge < -0.3 is 15.2 Å². The summed E-state index contributed by atoms with van der Waals surface area (Å²) in [5, 5.41) is 12.9. The first-order chi connectivity index (χ1) is 10.7. The second-order valence-corrected chi connectivity index (χ2v) is 6.97. The minimum atomic E-state index is -0.203. The van der Waals surface area contributed by atoms with Crippen LogP contribution in [0.4, 0.5) is 0 Å². The second kappa shape index (κ2) is 5.58. The topological polar surface area (TPSA) is 58.6 Å². The van der Waals surface area contributed by atoms with Gasteiger partial charge in [-0.25, -0.2) is 0 Å². The van der Waals surface area contributed by atoms with Crippen LogP contribution < -0.4 is 10.1 Å². The molecule has 1 amide bonds. The van der Waals surface area contributed by atoms with E-state index in [0.29, 0.717) is 5.92 Å². The van der Waals surface area contributed by atoms with Crippen LogP contribution in [0.3, 0.4) is 0 Å². The smallest absolute Gasteiger partial charge is 0.223 e. The number of nitrogens with one attached hydrogen (secondary N) is 1. The lowest BCUT2D eigenvalue weighted by Gasteiger charge is -2.39. The van der Waals surface area contributed by atoms with Gasteiger partial charge in [-0.15, -0.1) is 0 Å². The summed E-state index contributed by atoms with van der Waals surface area (Å²) in [5.74, 6) is 1.71. The van der Waals surface area contributed by atoms with Gasteiger partial charge in [-0.2, -0.15) is 0 Å². The fourth-order valence-electron chi connectivity index (χ4n) is 3.72. The summed E-state index contributed by atoms with van der Waals surface area (Å²) < 4.78 is 5.57. The summed E-state index contributed by atoms with van der Waals surface area (Å²) in [6, 6.07) is 6.30. The van der Waals surface area contributed by atoms with E-state index < -0.39 is 0 Å². The van der Waals surface area contributed by atoms with Crippen LogP contribution in [-0.2, 0) is 11.2 Å². The van der Waals surface area contributed by atoms with Crippen molar-refractivity contribution in [3.8, 4) is 5.75 Å². The van der Waals surface area contributed by atoms with Crippen molar-refractivity contribution in [2.45, 2.75) is 50.7 Å². The van der Waals surface area contributed by atoms with Gasteiger partial charge in [-0.1, -0.05) is 12.5 Å². The monoisotopic (exact) mass is 301 g/mol. The summed E-state index contributed by atoms with van der Waals surface area (Å²) in [6.07, 6.45) is 5.51. The zero-order valence-corrected chi connectivity index (χ0v) is 12.8. The Hall–Kier alpha value is -1.55. The maximum Gasteiger partial charge on any atom is 0.223 e. The van der Waals surface area contributed by atoms with Crippen molar-refractivity contribution in [3.05, 3.63) is 29.3 Å². The Labute approximate surface area is 130 Å². The second-order valence-electron chi connectivity index (χ2n) is 6.97. The Bertz CT molecular complexity index is 576. The normalized spacial score (nSPS) is 28.0. The van der Waals surface area contributed by atoms with E-state index in [1.807, 2.05) is 6.07 Å². The molecule has 1 heterocycles. The van der Waals surface area contributed by atoms with Gasteiger partial charge in [0.05, 0.1) is 18.8 Å². The maximum absolute atomic E-state index is 12.4. The van der Waals surface area contributed by atoms with Crippen molar-refractivity contribution >= 4 is 5.91 Å². The third kappa shape index (κ3) is 2.50. The first-order valence-corrected chi connectivity index (χ1v) is 8.45. The average molecular weight is 301 g/mol. The van der Waals surface area contributed by atoms with E-state index in [9.17, 15) is 9.90 Å². The number of fused-ring (bicyclic) bond motifs is 1. The summed E-state index contributed by atoms with van der Waals surface area (Å²) in [4.78, 5) is 12.4. The molecule has 0 bridgehead atoms. The molecule has 4 heteroatoms. The highest BCUT2D eigenvalue weighted by Gasteiger charge is 2.37. The SMILES string of the molecule is O=C(NC(c1ccc2c(c1)CCO2)C1CC(O)C1)C1CCC1. The lowest BCUT2D eigenvalue weighted by Crippen LogP contribution is -2.44. The molecule has 2 saturated carbocycles. The van der Waals surface area contributed by atoms with Gasteiger partial charge in [0.25, 0.3) is 0 Å². The Kier molecular flexibility index (Phi) is 3.57. The van der Waals surface area contributed by atoms with Gasteiger partial charge in [0, 0.05) is 12.3 Å². The van der Waals surface area contributed by atoms with E-state index in [0.717, 1.165) is 50.0 Å². The summed E-state index contributed by atoms with van der Waals surface area (Å²) in [6.45, 7) is 0.750. The first-order valence-electron chi connectivity index (χ1n) is 8.45. The first kappa shape index (κ1) is 14.1. The Morgan fingerprint density at radius 1 is 1.32 bits per heavy atom. The number of hydrogen-bond acceptors (Lipinski definition) is 3. The highest BCUT2D eigenvalue weighted by Crippen LogP contribution is 2.40. The van der Waals surface area contributed by atoms with E-state index in [-0.39, 0.29) is 24.0 Å². The molecule has 1 aliphatic heterocycles. The van der Waals surface area contributed by atoms with Crippen LogP contribution in [0.5, 0.6) is 5.75 Å². The molecule has 1 unspecified atom stereocenters. The average Bonchev–Trinajstić information content (AvgIpc) is 2.87. The number of aliphatic hydroxyl groups is 1. The van der Waals surface area contributed by atoms with Gasteiger partial charge in [-0.3, -0.25) is 4.79 Å². The molecule has 2 N–H and O–H groups in total. The van der Waals surface area contributed by atoms with Crippen molar-refractivity contribution < 1.29 is 14.6 Å². The molecular formula is C18H23NO3. The van der Waals surface area contributed by atoms with Crippen molar-refractivity contribution in [1.29, 1.82) is 0 Å². The largest absolute Gasteiger partial charge is 0.493 e. The predicted octanol–water partition coefficient (Wildman–Crippen LogP) is 2.35. The molecule has 0 aromatic heterocycles. The highest BCUT2D eigenvalue weighted by molar-refractivity contribution is 5.80. The maximum atomic E-state index is 12.4. The number of benzene rings is 1. The molecule has 1 aromatic carbocycles. The molecule has 4 rings (SSSR count). The molecule has 2 fully saturated rings. The molecule has 0 spiro atoms.